The van der Waals surface area contributed by atoms with Gasteiger partial charge < -0.3 is 5.11 Å². The maximum Gasteiger partial charge on any atom is 0.303 e. The molecule has 1 aliphatic carbocycles. The van der Waals surface area contributed by atoms with Crippen molar-refractivity contribution in [1.29, 1.82) is 0 Å². The Balaban J connectivity index is 2.61. The lowest BCUT2D eigenvalue weighted by Gasteiger charge is -2.41. The van der Waals surface area contributed by atoms with Gasteiger partial charge in [0.2, 0.25) is 0 Å². The first-order chi connectivity index (χ1) is 5.37. The van der Waals surface area contributed by atoms with Crippen molar-refractivity contribution >= 4 is 5.97 Å². The van der Waals surface area contributed by atoms with E-state index < -0.39 is 36.6 Å². The molecular formula is C6H6F4O2. The lowest BCUT2D eigenvalue weighted by Crippen LogP contribution is -2.61. The van der Waals surface area contributed by atoms with Crippen LogP contribution >= 0.6 is 0 Å². The summed E-state index contributed by atoms with van der Waals surface area (Å²) < 4.78 is 49.0. The highest BCUT2D eigenvalue weighted by molar-refractivity contribution is 5.67. The molecule has 0 amide bonds. The number of halogens is 4. The Morgan fingerprint density at radius 3 is 2.25 bits per heavy atom. The fraction of sp³-hybridized carbons (Fsp3) is 0.833. The zero-order chi connectivity index (χ0) is 9.52. The number of carboxylic acids is 1. The second-order valence-corrected chi connectivity index (χ2v) is 2.73. The average molecular weight is 186 g/mol. The zero-order valence-corrected chi connectivity index (χ0v) is 5.81. The van der Waals surface area contributed by atoms with Crippen molar-refractivity contribution in [2.75, 3.05) is 0 Å². The van der Waals surface area contributed by atoms with E-state index in [0.717, 1.165) is 0 Å². The maximum absolute atomic E-state index is 12.3. The molecule has 1 saturated carbocycles. The molecular weight excluding hydrogens is 180 g/mol. The number of carboxylic acid groups (broad SMARTS) is 1. The monoisotopic (exact) mass is 186 g/mol. The summed E-state index contributed by atoms with van der Waals surface area (Å²) >= 11 is 0. The summed E-state index contributed by atoms with van der Waals surface area (Å²) in [5.41, 5.74) is 0. The summed E-state index contributed by atoms with van der Waals surface area (Å²) in [6.07, 6.45) is -6.23. The van der Waals surface area contributed by atoms with Crippen LogP contribution in [0.5, 0.6) is 0 Å². The fourth-order valence-electron chi connectivity index (χ4n) is 1.15. The molecule has 1 fully saturated rings. The van der Waals surface area contributed by atoms with E-state index >= 15 is 0 Å². The molecule has 2 nitrogen and oxygen atoms in total. The van der Waals surface area contributed by atoms with E-state index in [-0.39, 0.29) is 0 Å². The lowest BCUT2D eigenvalue weighted by molar-refractivity contribution is -0.241. The van der Waals surface area contributed by atoms with Crippen LogP contribution in [-0.4, -0.2) is 29.3 Å². The molecule has 3 unspecified atom stereocenters. The maximum atomic E-state index is 12.3. The minimum atomic E-state index is -3.82. The molecule has 0 aromatic heterocycles. The first-order valence-corrected chi connectivity index (χ1v) is 3.25. The van der Waals surface area contributed by atoms with Crippen molar-refractivity contribution in [2.24, 2.45) is 5.92 Å². The van der Waals surface area contributed by atoms with E-state index in [1.165, 1.54) is 0 Å². The highest BCUT2D eigenvalue weighted by atomic mass is 19.3. The van der Waals surface area contributed by atoms with Gasteiger partial charge in [0.15, 0.2) is 6.17 Å². The third-order valence-corrected chi connectivity index (χ3v) is 1.92. The van der Waals surface area contributed by atoms with E-state index in [1.807, 2.05) is 0 Å². The highest BCUT2D eigenvalue weighted by Crippen LogP contribution is 2.49. The summed E-state index contributed by atoms with van der Waals surface area (Å²) in [5, 5.41) is 8.06. The predicted molar refractivity (Wildman–Crippen MR) is 30.5 cm³/mol. The van der Waals surface area contributed by atoms with Crippen LogP contribution in [0.25, 0.3) is 0 Å². The van der Waals surface area contributed by atoms with Crippen LogP contribution in [0.4, 0.5) is 17.6 Å². The summed E-state index contributed by atoms with van der Waals surface area (Å²) in [4.78, 5) is 9.92. The summed E-state index contributed by atoms with van der Waals surface area (Å²) in [6.45, 7) is 0. The molecule has 1 N–H and O–H groups in total. The van der Waals surface area contributed by atoms with E-state index in [9.17, 15) is 22.4 Å². The number of carbonyl (C=O) groups is 1. The van der Waals surface area contributed by atoms with E-state index in [2.05, 4.69) is 0 Å². The number of hydrogen-bond donors (Lipinski definition) is 1. The molecule has 0 aromatic carbocycles. The van der Waals surface area contributed by atoms with Crippen LogP contribution < -0.4 is 0 Å². The molecule has 1 aliphatic rings. The molecule has 1 rings (SSSR count). The zero-order valence-electron chi connectivity index (χ0n) is 5.81. The van der Waals surface area contributed by atoms with Crippen LogP contribution in [0, 0.1) is 5.92 Å². The quantitative estimate of drug-likeness (QED) is 0.662. The van der Waals surface area contributed by atoms with Crippen LogP contribution in [0.2, 0.25) is 0 Å². The van der Waals surface area contributed by atoms with Crippen molar-refractivity contribution < 1.29 is 27.5 Å². The smallest absolute Gasteiger partial charge is 0.303 e. The lowest BCUT2D eigenvalue weighted by atomic mass is 9.75. The van der Waals surface area contributed by atoms with Gasteiger partial charge in [-0.05, 0) is 0 Å². The standard InChI is InChI=1S/C6H6F4O2/c7-4-2(1-3(11)12)6(9,10)5(4)8/h2,4-5H,1H2,(H,11,12). The molecule has 0 bridgehead atoms. The number of rotatable bonds is 2. The van der Waals surface area contributed by atoms with Crippen LogP contribution in [0.1, 0.15) is 6.42 Å². The summed E-state index contributed by atoms with van der Waals surface area (Å²) in [5.74, 6) is -7.38. The van der Waals surface area contributed by atoms with Gasteiger partial charge in [0.1, 0.15) is 6.17 Å². The molecule has 0 radical (unpaired) electrons. The predicted octanol–water partition coefficient (Wildman–Crippen LogP) is 1.40. The van der Waals surface area contributed by atoms with Gasteiger partial charge in [0.25, 0.3) is 5.92 Å². The molecule has 0 spiro atoms. The van der Waals surface area contributed by atoms with Gasteiger partial charge in [-0.25, -0.2) is 17.6 Å². The molecule has 6 heteroatoms. The van der Waals surface area contributed by atoms with Crippen molar-refractivity contribution in [1.82, 2.24) is 0 Å². The van der Waals surface area contributed by atoms with Gasteiger partial charge in [0.05, 0.1) is 12.3 Å². The van der Waals surface area contributed by atoms with Crippen LogP contribution in [-0.2, 0) is 4.79 Å². The Labute approximate surface area is 65.2 Å². The van der Waals surface area contributed by atoms with Crippen LogP contribution in [0.15, 0.2) is 0 Å². The molecule has 0 saturated heterocycles. The minimum absolute atomic E-state index is 1.03. The van der Waals surface area contributed by atoms with Gasteiger partial charge in [-0.1, -0.05) is 0 Å². The Hall–Kier alpha value is -0.810. The first-order valence-electron chi connectivity index (χ1n) is 3.25. The normalized spacial score (nSPS) is 38.8. The Kier molecular flexibility index (Phi) is 2.01. The molecule has 3 atom stereocenters. The SMILES string of the molecule is O=C(O)CC1C(F)C(F)C1(F)F. The average Bonchev–Trinajstić information content (AvgIpc) is 1.98. The molecule has 12 heavy (non-hydrogen) atoms. The summed E-state index contributed by atoms with van der Waals surface area (Å²) in [7, 11) is 0. The molecule has 70 valence electrons. The Morgan fingerprint density at radius 1 is 1.42 bits per heavy atom. The second kappa shape index (κ2) is 2.60. The van der Waals surface area contributed by atoms with Gasteiger partial charge >= 0.3 is 5.97 Å². The number of hydrogen-bond acceptors (Lipinski definition) is 1. The third-order valence-electron chi connectivity index (χ3n) is 1.92. The van der Waals surface area contributed by atoms with Gasteiger partial charge in [-0.15, -0.1) is 0 Å². The molecule has 0 aliphatic heterocycles. The first kappa shape index (κ1) is 9.28. The van der Waals surface area contributed by atoms with Gasteiger partial charge in [0, 0.05) is 0 Å². The van der Waals surface area contributed by atoms with Gasteiger partial charge in [-0.3, -0.25) is 4.79 Å². The minimum Gasteiger partial charge on any atom is -0.481 e. The van der Waals surface area contributed by atoms with Crippen molar-refractivity contribution in [2.45, 2.75) is 24.7 Å². The van der Waals surface area contributed by atoms with Crippen LogP contribution in [0.3, 0.4) is 0 Å². The number of aliphatic carboxylic acids is 1. The second-order valence-electron chi connectivity index (χ2n) is 2.73. The summed E-state index contributed by atoms with van der Waals surface area (Å²) in [6, 6.07) is 0. The molecule has 0 aromatic rings. The van der Waals surface area contributed by atoms with Crippen molar-refractivity contribution in [3.63, 3.8) is 0 Å². The Morgan fingerprint density at radius 2 is 1.92 bits per heavy atom. The highest BCUT2D eigenvalue weighted by Gasteiger charge is 2.67. The van der Waals surface area contributed by atoms with Crippen molar-refractivity contribution in [3.8, 4) is 0 Å². The molecule has 0 heterocycles. The Bertz CT molecular complexity index is 206. The largest absolute Gasteiger partial charge is 0.481 e. The van der Waals surface area contributed by atoms with Crippen molar-refractivity contribution in [3.05, 3.63) is 0 Å². The number of alkyl halides is 4. The topological polar surface area (TPSA) is 37.3 Å². The van der Waals surface area contributed by atoms with E-state index in [4.69, 9.17) is 5.11 Å². The van der Waals surface area contributed by atoms with Gasteiger partial charge in [-0.2, -0.15) is 0 Å². The van der Waals surface area contributed by atoms with E-state index in [1.54, 1.807) is 0 Å². The third kappa shape index (κ3) is 1.15. The van der Waals surface area contributed by atoms with E-state index in [0.29, 0.717) is 0 Å². The fourth-order valence-corrected chi connectivity index (χ4v) is 1.15.